The Morgan fingerprint density at radius 1 is 0.707 bits per heavy atom. The maximum Gasteiger partial charge on any atom is 0.343 e. The van der Waals surface area contributed by atoms with Gasteiger partial charge in [0.15, 0.2) is 0 Å². The smallest absolute Gasteiger partial charge is 0.343 e. The van der Waals surface area contributed by atoms with Crippen LogP contribution in [0.2, 0.25) is 0 Å². The van der Waals surface area contributed by atoms with E-state index in [0.717, 1.165) is 40.2 Å². The van der Waals surface area contributed by atoms with Gasteiger partial charge in [-0.15, -0.1) is 0 Å². The molecule has 0 aliphatic carbocycles. The molecule has 0 saturated heterocycles. The van der Waals surface area contributed by atoms with E-state index in [1.807, 2.05) is 74.5 Å². The summed E-state index contributed by atoms with van der Waals surface area (Å²) >= 11 is 0. The Morgan fingerprint density at radius 3 is 1.76 bits per heavy atom. The molecule has 3 nitrogen and oxygen atoms in total. The molecule has 0 fully saturated rings. The van der Waals surface area contributed by atoms with Crippen LogP contribution in [-0.4, -0.2) is 5.97 Å². The van der Waals surface area contributed by atoms with E-state index < -0.39 is 0 Å². The van der Waals surface area contributed by atoms with Crippen LogP contribution in [0, 0.1) is 13.8 Å². The minimum atomic E-state index is -0.363. The summed E-state index contributed by atoms with van der Waals surface area (Å²) in [5.74, 6) is 0.717. The van der Waals surface area contributed by atoms with Gasteiger partial charge in [-0.2, -0.15) is 0 Å². The molecule has 5 aromatic rings. The predicted octanol–water partition coefficient (Wildman–Crippen LogP) is 10.3. The zero-order valence-electron chi connectivity index (χ0n) is 24.5. The lowest BCUT2D eigenvalue weighted by Crippen LogP contribution is -2.12. The largest absolute Gasteiger partial charge is 0.422 e. The number of ether oxygens (including phenoxy) is 1. The Bertz CT molecular complexity index is 1580. The Morgan fingerprint density at radius 2 is 1.24 bits per heavy atom. The molecule has 0 bridgehead atoms. The summed E-state index contributed by atoms with van der Waals surface area (Å²) < 4.78 is 5.99. The SMILES string of the molecule is CCc1ccc(C(C)C)cc1-c1cc(C)c(OC(=O)c2ccc(N(c3ccccc3)c3ccccc3)cc2)c(C)c1. The van der Waals surface area contributed by atoms with E-state index >= 15 is 0 Å². The molecular weight excluding hydrogens is 502 g/mol. The number of esters is 1. The molecule has 206 valence electrons. The lowest BCUT2D eigenvalue weighted by molar-refractivity contribution is 0.0732. The molecule has 0 aliphatic heterocycles. The Balaban J connectivity index is 1.40. The van der Waals surface area contributed by atoms with Gasteiger partial charge in [0.25, 0.3) is 0 Å². The van der Waals surface area contributed by atoms with E-state index in [2.05, 4.69) is 80.3 Å². The van der Waals surface area contributed by atoms with Crippen LogP contribution in [0.15, 0.2) is 115 Å². The van der Waals surface area contributed by atoms with Gasteiger partial charge in [0, 0.05) is 17.1 Å². The van der Waals surface area contributed by atoms with Gasteiger partial charge in [0.05, 0.1) is 5.56 Å². The fourth-order valence-electron chi connectivity index (χ4n) is 5.30. The number of para-hydroxylation sites is 2. The van der Waals surface area contributed by atoms with Gasteiger partial charge < -0.3 is 9.64 Å². The van der Waals surface area contributed by atoms with Crippen LogP contribution < -0.4 is 9.64 Å². The van der Waals surface area contributed by atoms with Crippen molar-refractivity contribution in [3.8, 4) is 16.9 Å². The molecule has 0 radical (unpaired) electrons. The van der Waals surface area contributed by atoms with Gasteiger partial charge >= 0.3 is 5.97 Å². The summed E-state index contributed by atoms with van der Waals surface area (Å²) in [6.45, 7) is 10.7. The second kappa shape index (κ2) is 12.3. The van der Waals surface area contributed by atoms with E-state index in [0.29, 0.717) is 17.2 Å². The van der Waals surface area contributed by atoms with E-state index in [1.165, 1.54) is 16.7 Å². The van der Waals surface area contributed by atoms with Gasteiger partial charge in [0.1, 0.15) is 5.75 Å². The van der Waals surface area contributed by atoms with Crippen molar-refractivity contribution in [3.63, 3.8) is 0 Å². The molecule has 0 atom stereocenters. The third-order valence-electron chi connectivity index (χ3n) is 7.54. The number of carbonyl (C=O) groups is 1. The first-order valence-corrected chi connectivity index (χ1v) is 14.3. The standard InChI is InChI=1S/C38H37NO2/c1-6-29-17-18-31(26(2)3)25-36(29)32-23-27(4)37(28(5)24-32)41-38(40)30-19-21-35(22-20-30)39(33-13-9-7-10-14-33)34-15-11-8-12-16-34/h7-26H,6H2,1-5H3. The molecule has 41 heavy (non-hydrogen) atoms. The average Bonchev–Trinajstić information content (AvgIpc) is 3.00. The maximum atomic E-state index is 13.3. The number of anilines is 3. The fourth-order valence-corrected chi connectivity index (χ4v) is 5.30. The lowest BCUT2D eigenvalue weighted by atomic mass is 9.90. The zero-order valence-corrected chi connectivity index (χ0v) is 24.5. The predicted molar refractivity (Wildman–Crippen MR) is 171 cm³/mol. The van der Waals surface area contributed by atoms with E-state index in [1.54, 1.807) is 0 Å². The van der Waals surface area contributed by atoms with Gasteiger partial charge in [-0.1, -0.05) is 75.4 Å². The van der Waals surface area contributed by atoms with Gasteiger partial charge in [-0.05, 0) is 120 Å². The van der Waals surface area contributed by atoms with Crippen LogP contribution in [-0.2, 0) is 6.42 Å². The number of rotatable bonds is 8. The zero-order chi connectivity index (χ0) is 28.9. The van der Waals surface area contributed by atoms with E-state index in [-0.39, 0.29) is 5.97 Å². The van der Waals surface area contributed by atoms with E-state index in [9.17, 15) is 4.79 Å². The Labute approximate surface area is 244 Å². The summed E-state index contributed by atoms with van der Waals surface area (Å²) in [5.41, 5.74) is 10.5. The highest BCUT2D eigenvalue weighted by atomic mass is 16.5. The van der Waals surface area contributed by atoms with Crippen molar-refractivity contribution >= 4 is 23.0 Å². The number of carbonyl (C=O) groups excluding carboxylic acids is 1. The number of hydrogen-bond donors (Lipinski definition) is 0. The first-order chi connectivity index (χ1) is 19.9. The minimum absolute atomic E-state index is 0.363. The summed E-state index contributed by atoms with van der Waals surface area (Å²) in [6.07, 6.45) is 0.963. The molecule has 5 aromatic carbocycles. The van der Waals surface area contributed by atoms with E-state index in [4.69, 9.17) is 4.74 Å². The third-order valence-corrected chi connectivity index (χ3v) is 7.54. The van der Waals surface area contributed by atoms with Gasteiger partial charge in [-0.3, -0.25) is 0 Å². The molecule has 0 unspecified atom stereocenters. The molecule has 0 aromatic heterocycles. The molecule has 0 heterocycles. The van der Waals surface area contributed by atoms with Crippen LogP contribution >= 0.6 is 0 Å². The van der Waals surface area contributed by atoms with Crippen molar-refractivity contribution in [1.29, 1.82) is 0 Å². The minimum Gasteiger partial charge on any atom is -0.422 e. The highest BCUT2D eigenvalue weighted by Gasteiger charge is 2.17. The van der Waals surface area contributed by atoms with Gasteiger partial charge in [0.2, 0.25) is 0 Å². The molecule has 0 aliphatic rings. The first kappa shape index (κ1) is 27.9. The molecule has 0 amide bonds. The summed E-state index contributed by atoms with van der Waals surface area (Å²) in [4.78, 5) is 15.4. The summed E-state index contributed by atoms with van der Waals surface area (Å²) in [7, 11) is 0. The van der Waals surface area contributed by atoms with Gasteiger partial charge in [-0.25, -0.2) is 4.79 Å². The van der Waals surface area contributed by atoms with Crippen LogP contribution in [0.3, 0.4) is 0 Å². The number of nitrogens with zero attached hydrogens (tertiary/aromatic N) is 1. The third kappa shape index (κ3) is 6.10. The van der Waals surface area contributed by atoms with Crippen molar-refractivity contribution in [1.82, 2.24) is 0 Å². The normalized spacial score (nSPS) is 11.0. The van der Waals surface area contributed by atoms with Crippen LogP contribution in [0.4, 0.5) is 17.1 Å². The monoisotopic (exact) mass is 539 g/mol. The fraction of sp³-hybridized carbons (Fsp3) is 0.184. The Kier molecular flexibility index (Phi) is 8.35. The van der Waals surface area contributed by atoms with Crippen molar-refractivity contribution in [3.05, 3.63) is 143 Å². The first-order valence-electron chi connectivity index (χ1n) is 14.3. The van der Waals surface area contributed by atoms with Crippen molar-refractivity contribution in [2.75, 3.05) is 4.90 Å². The highest BCUT2D eigenvalue weighted by Crippen LogP contribution is 2.36. The molecule has 0 spiro atoms. The highest BCUT2D eigenvalue weighted by molar-refractivity contribution is 5.92. The Hall–Kier alpha value is -4.63. The van der Waals surface area contributed by atoms with Crippen LogP contribution in [0.25, 0.3) is 11.1 Å². The lowest BCUT2D eigenvalue weighted by Gasteiger charge is -2.25. The summed E-state index contributed by atoms with van der Waals surface area (Å²) in [5, 5.41) is 0. The second-order valence-corrected chi connectivity index (χ2v) is 10.8. The quantitative estimate of drug-likeness (QED) is 0.145. The van der Waals surface area contributed by atoms with Crippen molar-refractivity contribution in [2.24, 2.45) is 0 Å². The average molecular weight is 540 g/mol. The van der Waals surface area contributed by atoms with Crippen molar-refractivity contribution in [2.45, 2.75) is 47.0 Å². The molecular formula is C38H37NO2. The van der Waals surface area contributed by atoms with Crippen LogP contribution in [0.1, 0.15) is 59.3 Å². The molecule has 3 heteroatoms. The number of benzene rings is 5. The number of hydrogen-bond acceptors (Lipinski definition) is 3. The number of aryl methyl sites for hydroxylation is 3. The van der Waals surface area contributed by atoms with Crippen LogP contribution in [0.5, 0.6) is 5.75 Å². The molecule has 5 rings (SSSR count). The summed E-state index contributed by atoms with van der Waals surface area (Å²) in [6, 6.07) is 39.1. The van der Waals surface area contributed by atoms with Crippen molar-refractivity contribution < 1.29 is 9.53 Å². The molecule has 0 saturated carbocycles. The maximum absolute atomic E-state index is 13.3. The topological polar surface area (TPSA) is 29.5 Å². The second-order valence-electron chi connectivity index (χ2n) is 10.8. The molecule has 0 N–H and O–H groups in total.